The summed E-state index contributed by atoms with van der Waals surface area (Å²) < 4.78 is 0. The zero-order chi connectivity index (χ0) is 15.9. The first-order valence-corrected chi connectivity index (χ1v) is 7.65. The van der Waals surface area contributed by atoms with Crippen LogP contribution in [-0.2, 0) is 10.3 Å². The van der Waals surface area contributed by atoms with Gasteiger partial charge in [0.2, 0.25) is 5.91 Å². The summed E-state index contributed by atoms with van der Waals surface area (Å²) in [6, 6.07) is 7.62. The third-order valence-electron chi connectivity index (χ3n) is 3.71. The number of carbonyl (C=O) groups excluding carboxylic acids is 1. The second kappa shape index (κ2) is 5.24. The van der Waals surface area contributed by atoms with E-state index in [9.17, 15) is 4.79 Å². The summed E-state index contributed by atoms with van der Waals surface area (Å²) in [6.07, 6.45) is 2.04. The maximum atomic E-state index is 12.0. The van der Waals surface area contributed by atoms with Crippen molar-refractivity contribution in [2.75, 3.05) is 7.05 Å². The summed E-state index contributed by atoms with van der Waals surface area (Å²) in [5, 5.41) is 0.773. The number of hydrogen-bond donors (Lipinski definition) is 1. The molecule has 0 spiro atoms. The van der Waals surface area contributed by atoms with E-state index < -0.39 is 5.54 Å². The molecule has 5 nitrogen and oxygen atoms in total. The highest BCUT2D eigenvalue weighted by molar-refractivity contribution is 7.15. The maximum absolute atomic E-state index is 12.0. The average Bonchev–Trinajstić information content (AvgIpc) is 2.95. The molecule has 0 saturated heterocycles. The van der Waals surface area contributed by atoms with Crippen molar-refractivity contribution in [1.29, 1.82) is 0 Å². The number of aromatic nitrogens is 1. The van der Waals surface area contributed by atoms with E-state index in [1.807, 2.05) is 31.2 Å². The summed E-state index contributed by atoms with van der Waals surface area (Å²) in [7, 11) is 7.44. The number of aliphatic imine (C=N–C) groups is 1. The molecular weight excluding hydrogens is 295 g/mol. The van der Waals surface area contributed by atoms with Crippen molar-refractivity contribution in [1.82, 2.24) is 9.88 Å². The van der Waals surface area contributed by atoms with E-state index in [-0.39, 0.29) is 18.3 Å². The summed E-state index contributed by atoms with van der Waals surface area (Å²) in [6.45, 7) is 1.88. The normalized spacial score (nSPS) is 21.8. The van der Waals surface area contributed by atoms with Crippen molar-refractivity contribution in [2.45, 2.75) is 18.9 Å². The Morgan fingerprint density at radius 1 is 1.45 bits per heavy atom. The van der Waals surface area contributed by atoms with Gasteiger partial charge in [0.15, 0.2) is 5.96 Å². The lowest BCUT2D eigenvalue weighted by atomic mass is 9.94. The monoisotopic (exact) mass is 310 g/mol. The highest BCUT2D eigenvalue weighted by atomic mass is 32.1. The molecule has 1 amide bonds. The van der Waals surface area contributed by atoms with E-state index in [1.165, 1.54) is 16.2 Å². The maximum Gasteiger partial charge on any atom is 0.231 e. The Morgan fingerprint density at radius 2 is 2.23 bits per heavy atom. The standard InChI is InChI=1S/C15H15BN4OS/c1-15(7-12(21)20(2)14(17)19-15)13-18-8-11(22-13)9-4-3-5-10(16)6-9/h3-6,8H,7H2,1-2H3,(H2,17,19)/t15-/m0/s1. The zero-order valence-electron chi connectivity index (χ0n) is 12.4. The molecule has 1 aromatic heterocycles. The number of hydrogen-bond acceptors (Lipinski definition) is 5. The summed E-state index contributed by atoms with van der Waals surface area (Å²) >= 11 is 1.51. The second-order valence-corrected chi connectivity index (χ2v) is 6.56. The minimum atomic E-state index is -0.711. The predicted molar refractivity (Wildman–Crippen MR) is 89.3 cm³/mol. The third kappa shape index (κ3) is 2.52. The van der Waals surface area contributed by atoms with Crippen molar-refractivity contribution < 1.29 is 4.79 Å². The van der Waals surface area contributed by atoms with Crippen LogP contribution >= 0.6 is 11.3 Å². The van der Waals surface area contributed by atoms with Crippen LogP contribution in [0, 0.1) is 0 Å². The minimum Gasteiger partial charge on any atom is -0.369 e. The van der Waals surface area contributed by atoms with Gasteiger partial charge < -0.3 is 5.73 Å². The van der Waals surface area contributed by atoms with E-state index in [1.54, 1.807) is 13.2 Å². The number of guanidine groups is 1. The molecule has 22 heavy (non-hydrogen) atoms. The molecule has 0 fully saturated rings. The summed E-state index contributed by atoms with van der Waals surface area (Å²) in [5.74, 6) is 0.162. The van der Waals surface area contributed by atoms with Gasteiger partial charge in [-0.3, -0.25) is 9.69 Å². The number of amides is 1. The van der Waals surface area contributed by atoms with Crippen LogP contribution in [0.2, 0.25) is 0 Å². The van der Waals surface area contributed by atoms with Gasteiger partial charge in [0.05, 0.1) is 11.3 Å². The largest absolute Gasteiger partial charge is 0.369 e. The van der Waals surface area contributed by atoms with Gasteiger partial charge in [0, 0.05) is 13.2 Å². The summed E-state index contributed by atoms with van der Waals surface area (Å²) in [4.78, 5) is 23.3. The van der Waals surface area contributed by atoms with Gasteiger partial charge in [-0.25, -0.2) is 9.98 Å². The van der Waals surface area contributed by atoms with Crippen molar-refractivity contribution in [3.8, 4) is 10.4 Å². The molecule has 1 atom stereocenters. The molecule has 2 aromatic rings. The van der Waals surface area contributed by atoms with E-state index >= 15 is 0 Å². The first-order valence-electron chi connectivity index (χ1n) is 6.83. The third-order valence-corrected chi connectivity index (χ3v) is 5.01. The van der Waals surface area contributed by atoms with Crippen molar-refractivity contribution >= 4 is 36.5 Å². The van der Waals surface area contributed by atoms with Gasteiger partial charge in [0.25, 0.3) is 0 Å². The van der Waals surface area contributed by atoms with Crippen LogP contribution < -0.4 is 11.2 Å². The van der Waals surface area contributed by atoms with Crippen molar-refractivity contribution in [2.24, 2.45) is 10.7 Å². The van der Waals surface area contributed by atoms with E-state index in [0.717, 1.165) is 15.4 Å². The van der Waals surface area contributed by atoms with Crippen LogP contribution in [0.4, 0.5) is 0 Å². The lowest BCUT2D eigenvalue weighted by Crippen LogP contribution is -2.47. The molecule has 110 valence electrons. The first-order chi connectivity index (χ1) is 10.4. The Bertz CT molecular complexity index is 772. The number of benzene rings is 1. The van der Waals surface area contributed by atoms with Crippen molar-refractivity contribution in [3.05, 3.63) is 35.5 Å². The Morgan fingerprint density at radius 3 is 2.91 bits per heavy atom. The fourth-order valence-corrected chi connectivity index (χ4v) is 3.38. The van der Waals surface area contributed by atoms with Gasteiger partial charge in [-0.15, -0.1) is 11.3 Å². The van der Waals surface area contributed by atoms with Crippen LogP contribution in [-0.4, -0.2) is 36.6 Å². The molecule has 0 unspecified atom stereocenters. The Hall–Kier alpha value is -2.15. The Kier molecular flexibility index (Phi) is 3.52. The molecule has 7 heteroatoms. The van der Waals surface area contributed by atoms with Crippen molar-refractivity contribution in [3.63, 3.8) is 0 Å². The topological polar surface area (TPSA) is 71.6 Å². The van der Waals surface area contributed by atoms with E-state index in [0.29, 0.717) is 5.46 Å². The average molecular weight is 310 g/mol. The molecule has 2 N–H and O–H groups in total. The molecule has 0 aliphatic carbocycles. The predicted octanol–water partition coefficient (Wildman–Crippen LogP) is 0.996. The van der Waals surface area contributed by atoms with Gasteiger partial charge >= 0.3 is 0 Å². The lowest BCUT2D eigenvalue weighted by molar-refractivity contribution is -0.128. The number of nitrogens with zero attached hydrogens (tertiary/aromatic N) is 3. The van der Waals surface area contributed by atoms with E-state index in [4.69, 9.17) is 13.6 Å². The first kappa shape index (κ1) is 14.8. The molecule has 2 radical (unpaired) electrons. The number of nitrogens with two attached hydrogens (primary N) is 1. The molecular formula is C15H15BN4OS. The van der Waals surface area contributed by atoms with Gasteiger partial charge in [-0.05, 0) is 12.5 Å². The van der Waals surface area contributed by atoms with Gasteiger partial charge in [0.1, 0.15) is 18.4 Å². The fourth-order valence-electron chi connectivity index (χ4n) is 2.38. The second-order valence-electron chi connectivity index (χ2n) is 5.53. The minimum absolute atomic E-state index is 0.0595. The van der Waals surface area contributed by atoms with Gasteiger partial charge in [-0.2, -0.15) is 0 Å². The zero-order valence-corrected chi connectivity index (χ0v) is 13.2. The van der Waals surface area contributed by atoms with Crippen LogP contribution in [0.15, 0.2) is 35.5 Å². The van der Waals surface area contributed by atoms with Gasteiger partial charge in [-0.1, -0.05) is 29.7 Å². The number of thiazole rings is 1. The molecule has 0 saturated carbocycles. The lowest BCUT2D eigenvalue weighted by Gasteiger charge is -2.31. The molecule has 1 aromatic carbocycles. The number of carbonyl (C=O) groups is 1. The van der Waals surface area contributed by atoms with Crippen LogP contribution in [0.1, 0.15) is 18.4 Å². The molecule has 3 rings (SSSR count). The highest BCUT2D eigenvalue weighted by Gasteiger charge is 2.38. The SMILES string of the molecule is [B]c1cccc(-c2cnc([C@]3(C)CC(=O)N(C)C(N)=N3)s2)c1. The molecule has 1 aliphatic rings. The molecule has 2 heterocycles. The quantitative estimate of drug-likeness (QED) is 0.841. The van der Waals surface area contributed by atoms with Crippen LogP contribution in [0.5, 0.6) is 0 Å². The highest BCUT2D eigenvalue weighted by Crippen LogP contribution is 2.37. The smallest absolute Gasteiger partial charge is 0.231 e. The Labute approximate surface area is 134 Å². The van der Waals surface area contributed by atoms with Crippen LogP contribution in [0.3, 0.4) is 0 Å². The molecule has 0 bridgehead atoms. The van der Waals surface area contributed by atoms with Crippen LogP contribution in [0.25, 0.3) is 10.4 Å². The number of rotatable bonds is 2. The van der Waals surface area contributed by atoms with E-state index in [2.05, 4.69) is 9.98 Å². The molecule has 1 aliphatic heterocycles. The Balaban J connectivity index is 1.99. The summed E-state index contributed by atoms with van der Waals surface area (Å²) in [5.41, 5.74) is 6.83. The fraction of sp³-hybridized carbons (Fsp3) is 0.267.